The third-order valence-electron chi connectivity index (χ3n) is 8.24. The van der Waals surface area contributed by atoms with Crippen LogP contribution in [0.25, 0.3) is 15.9 Å². The zero-order valence-corrected chi connectivity index (χ0v) is 25.3. The second-order valence-corrected chi connectivity index (χ2v) is 15.8. The first-order valence-corrected chi connectivity index (χ1v) is 16.5. The Hall–Kier alpha value is -2.63. The summed E-state index contributed by atoms with van der Waals surface area (Å²) in [7, 11) is 0. The number of anilines is 1. The Bertz CT molecular complexity index is 1670. The first-order valence-electron chi connectivity index (χ1n) is 13.6. The second-order valence-electron chi connectivity index (χ2n) is 11.8. The van der Waals surface area contributed by atoms with Gasteiger partial charge in [-0.2, -0.15) is 0 Å². The summed E-state index contributed by atoms with van der Waals surface area (Å²) in [4.78, 5) is 19.8. The summed E-state index contributed by atoms with van der Waals surface area (Å²) in [6, 6.07) is 13.0. The van der Waals surface area contributed by atoms with Crippen molar-refractivity contribution in [3.63, 3.8) is 0 Å². The smallest absolute Gasteiger partial charge is 0.211 e. The molecule has 2 unspecified atom stereocenters. The lowest BCUT2D eigenvalue weighted by Gasteiger charge is -2.46. The average Bonchev–Trinajstić information content (AvgIpc) is 3.69. The van der Waals surface area contributed by atoms with Gasteiger partial charge in [0.15, 0.2) is 5.65 Å². The fourth-order valence-electron chi connectivity index (χ4n) is 6.08. The Morgan fingerprint density at radius 3 is 2.62 bits per heavy atom. The third kappa shape index (κ3) is 4.59. The number of pyridine rings is 1. The minimum Gasteiger partial charge on any atom is -0.598 e. The molecule has 2 atom stereocenters. The molecule has 1 aliphatic heterocycles. The molecule has 1 spiro atoms. The molecular formula is C30H32N6OS3. The van der Waals surface area contributed by atoms with E-state index in [9.17, 15) is 4.55 Å². The van der Waals surface area contributed by atoms with Crippen LogP contribution in [0.4, 0.5) is 5.95 Å². The Morgan fingerprint density at radius 1 is 1.05 bits per heavy atom. The van der Waals surface area contributed by atoms with E-state index in [4.69, 9.17) is 9.97 Å². The topological polar surface area (TPSA) is 81.4 Å². The maximum absolute atomic E-state index is 13.4. The van der Waals surface area contributed by atoms with Gasteiger partial charge in [0.2, 0.25) is 5.95 Å². The average molecular weight is 589 g/mol. The van der Waals surface area contributed by atoms with E-state index < -0.39 is 11.4 Å². The molecule has 10 heteroatoms. The van der Waals surface area contributed by atoms with Gasteiger partial charge in [-0.15, -0.1) is 16.1 Å². The zero-order chi connectivity index (χ0) is 27.5. The molecule has 0 bridgehead atoms. The molecule has 4 aromatic heterocycles. The molecule has 40 heavy (non-hydrogen) atoms. The largest absolute Gasteiger partial charge is 0.598 e. The molecule has 0 radical (unpaired) electrons. The molecule has 0 amide bonds. The van der Waals surface area contributed by atoms with Gasteiger partial charge in [0.1, 0.15) is 9.58 Å². The van der Waals surface area contributed by atoms with Crippen LogP contribution in [-0.4, -0.2) is 47.8 Å². The maximum atomic E-state index is 13.4. The lowest BCUT2D eigenvalue weighted by molar-refractivity contribution is 0.179. The predicted molar refractivity (Wildman–Crippen MR) is 165 cm³/mol. The van der Waals surface area contributed by atoms with Crippen molar-refractivity contribution in [2.24, 2.45) is 5.41 Å². The summed E-state index contributed by atoms with van der Waals surface area (Å²) in [5.41, 5.74) is 3.79. The van der Waals surface area contributed by atoms with E-state index in [0.717, 1.165) is 64.0 Å². The van der Waals surface area contributed by atoms with Crippen molar-refractivity contribution in [1.82, 2.24) is 24.1 Å². The highest BCUT2D eigenvalue weighted by atomic mass is 32.2. The second kappa shape index (κ2) is 10.0. The number of nitrogens with zero attached hydrogens (tertiary/aromatic N) is 5. The minimum atomic E-state index is -1.17. The van der Waals surface area contributed by atoms with E-state index in [-0.39, 0.29) is 16.2 Å². The van der Waals surface area contributed by atoms with Gasteiger partial charge in [-0.1, -0.05) is 36.0 Å². The van der Waals surface area contributed by atoms with Gasteiger partial charge in [0.05, 0.1) is 10.9 Å². The van der Waals surface area contributed by atoms with Gasteiger partial charge in [-0.25, -0.2) is 15.0 Å². The monoisotopic (exact) mass is 588 g/mol. The van der Waals surface area contributed by atoms with Crippen molar-refractivity contribution in [1.29, 1.82) is 0 Å². The lowest BCUT2D eigenvalue weighted by Crippen LogP contribution is -2.61. The molecule has 1 saturated heterocycles. The van der Waals surface area contributed by atoms with Gasteiger partial charge >= 0.3 is 0 Å². The van der Waals surface area contributed by atoms with Crippen molar-refractivity contribution < 1.29 is 4.55 Å². The van der Waals surface area contributed by atoms with Gasteiger partial charge in [-0.05, 0) is 68.7 Å². The fourth-order valence-corrected chi connectivity index (χ4v) is 8.83. The van der Waals surface area contributed by atoms with Crippen molar-refractivity contribution in [3.05, 3.63) is 77.7 Å². The number of hydrogen-bond acceptors (Lipinski definition) is 8. The number of thiophene rings is 1. The van der Waals surface area contributed by atoms with Gasteiger partial charge in [0.25, 0.3) is 0 Å². The summed E-state index contributed by atoms with van der Waals surface area (Å²) < 4.78 is 18.8. The summed E-state index contributed by atoms with van der Waals surface area (Å²) in [6.07, 6.45) is 10.7. The fraction of sp³-hybridized carbons (Fsp3) is 0.367. The number of benzene rings is 1. The SMILES string of the molecule is CC(C)(C)[S+]([O-])NC1CN(c2ncc(Sc3ccnc4sccc34)c3nccn23)CCC12Cc1ccccc1C2. The highest BCUT2D eigenvalue weighted by molar-refractivity contribution is 7.99. The van der Waals surface area contributed by atoms with Gasteiger partial charge in [-0.3, -0.25) is 4.40 Å². The first-order chi connectivity index (χ1) is 19.3. The summed E-state index contributed by atoms with van der Waals surface area (Å²) in [5.74, 6) is 0.881. The number of imidazole rings is 1. The highest BCUT2D eigenvalue weighted by Crippen LogP contribution is 2.46. The Morgan fingerprint density at radius 2 is 1.85 bits per heavy atom. The van der Waals surface area contributed by atoms with Crippen LogP contribution in [0, 0.1) is 5.41 Å². The minimum absolute atomic E-state index is 0.0399. The molecule has 1 aliphatic carbocycles. The van der Waals surface area contributed by atoms with Crippen LogP contribution in [0.2, 0.25) is 0 Å². The molecule has 5 heterocycles. The van der Waals surface area contributed by atoms with E-state index in [1.165, 1.54) is 11.1 Å². The normalized spacial score (nSPS) is 19.5. The van der Waals surface area contributed by atoms with E-state index in [1.807, 2.05) is 45.6 Å². The van der Waals surface area contributed by atoms with Gasteiger partial charge in [0, 0.05) is 64.9 Å². The molecule has 1 fully saturated rings. The van der Waals surface area contributed by atoms with Crippen LogP contribution >= 0.6 is 23.1 Å². The Kier molecular flexibility index (Phi) is 6.59. The molecule has 7 rings (SSSR count). The number of rotatable bonds is 5. The third-order valence-corrected chi connectivity index (χ3v) is 11.8. The van der Waals surface area contributed by atoms with Crippen molar-refractivity contribution in [2.45, 2.75) is 60.6 Å². The Labute approximate surface area is 245 Å². The highest BCUT2D eigenvalue weighted by Gasteiger charge is 2.50. The molecule has 0 saturated carbocycles. The molecule has 1 aromatic carbocycles. The summed E-state index contributed by atoms with van der Waals surface area (Å²) in [5, 5.41) is 3.24. The van der Waals surface area contributed by atoms with Gasteiger partial charge < -0.3 is 9.45 Å². The number of hydrogen-bond donors (Lipinski definition) is 1. The number of nitrogens with one attached hydrogen (secondary N) is 1. The van der Waals surface area contributed by atoms with Crippen LogP contribution in [0.5, 0.6) is 0 Å². The Balaban J connectivity index is 1.20. The molecule has 206 valence electrons. The summed E-state index contributed by atoms with van der Waals surface area (Å²) in [6.45, 7) is 7.73. The zero-order valence-electron chi connectivity index (χ0n) is 22.8. The van der Waals surface area contributed by atoms with E-state index >= 15 is 0 Å². The van der Waals surface area contributed by atoms with Crippen LogP contribution in [0.15, 0.2) is 76.4 Å². The molecule has 1 N–H and O–H groups in total. The quantitative estimate of drug-likeness (QED) is 0.256. The van der Waals surface area contributed by atoms with Crippen molar-refractivity contribution in [3.8, 4) is 0 Å². The molecular weight excluding hydrogens is 557 g/mol. The number of aromatic nitrogens is 4. The lowest BCUT2D eigenvalue weighted by atomic mass is 9.72. The molecule has 2 aliphatic rings. The summed E-state index contributed by atoms with van der Waals surface area (Å²) >= 11 is 2.16. The van der Waals surface area contributed by atoms with Crippen LogP contribution < -0.4 is 9.62 Å². The van der Waals surface area contributed by atoms with Crippen LogP contribution in [0.1, 0.15) is 38.3 Å². The predicted octanol–water partition coefficient (Wildman–Crippen LogP) is 5.91. The van der Waals surface area contributed by atoms with E-state index in [1.54, 1.807) is 23.1 Å². The van der Waals surface area contributed by atoms with Crippen molar-refractivity contribution >= 4 is 56.3 Å². The van der Waals surface area contributed by atoms with Crippen LogP contribution in [0.3, 0.4) is 0 Å². The van der Waals surface area contributed by atoms with E-state index in [2.05, 4.69) is 60.8 Å². The molecule has 5 aromatic rings. The number of piperidine rings is 1. The first kappa shape index (κ1) is 26.3. The molecule has 7 nitrogen and oxygen atoms in total. The van der Waals surface area contributed by atoms with E-state index in [0.29, 0.717) is 0 Å². The maximum Gasteiger partial charge on any atom is 0.211 e. The van der Waals surface area contributed by atoms with Crippen molar-refractivity contribution in [2.75, 3.05) is 18.0 Å². The number of fused-ring (bicyclic) bond motifs is 3. The standard InChI is InChI=1S/C30H32N6OS3/c1-29(2,3)40(37)34-25-19-35(13-10-30(25)16-20-6-4-5-7-21(20)17-30)28-33-18-24(26-31-12-14-36(26)28)39-23-8-11-32-27-22(23)9-15-38-27/h4-9,11-12,14-15,18,25,34H,10,13,16-17,19H2,1-3H3. The van der Waals surface area contributed by atoms with Crippen LogP contribution in [-0.2, 0) is 24.2 Å².